The van der Waals surface area contributed by atoms with Crippen molar-refractivity contribution in [2.45, 2.75) is 0 Å². The lowest BCUT2D eigenvalue weighted by Crippen LogP contribution is -2.44. The van der Waals surface area contributed by atoms with Crippen LogP contribution in [0.5, 0.6) is 0 Å². The third-order valence-electron chi connectivity index (χ3n) is 1.83. The number of hydrogen-bond donors (Lipinski definition) is 2. The number of rotatable bonds is 2. The van der Waals surface area contributed by atoms with Gasteiger partial charge in [-0.15, -0.1) is 0 Å². The maximum atomic E-state index is 8.56. The van der Waals surface area contributed by atoms with Crippen LogP contribution >= 0.6 is 11.8 Å². The zero-order chi connectivity index (χ0) is 8.65. The van der Waals surface area contributed by atoms with Crippen molar-refractivity contribution in [1.29, 1.82) is 0 Å². The number of nitrogens with zero attached hydrogens (tertiary/aromatic N) is 1. The minimum Gasteiger partial charge on any atom is -0.395 e. The van der Waals surface area contributed by atoms with Gasteiger partial charge in [0.1, 0.15) is 0 Å². The van der Waals surface area contributed by atoms with Crippen LogP contribution in [0.1, 0.15) is 0 Å². The zero-order valence-electron chi connectivity index (χ0n) is 7.46. The highest BCUT2D eigenvalue weighted by atomic mass is 32.2. The Bertz CT molecular complexity index is 99.7. The van der Waals surface area contributed by atoms with Crippen LogP contribution < -0.4 is 5.32 Å². The summed E-state index contributed by atoms with van der Waals surface area (Å²) >= 11 is 2.00. The molecule has 0 aliphatic carbocycles. The molecule has 3 nitrogen and oxygen atoms in total. The van der Waals surface area contributed by atoms with Crippen molar-refractivity contribution >= 4 is 11.8 Å². The van der Waals surface area contributed by atoms with E-state index >= 15 is 0 Å². The lowest BCUT2D eigenvalue weighted by Gasteiger charge is -2.25. The Labute approximate surface area is 78.5 Å². The van der Waals surface area contributed by atoms with Gasteiger partial charge in [-0.2, -0.15) is 11.8 Å². The van der Waals surface area contributed by atoms with Gasteiger partial charge in [-0.05, 0) is 0 Å². The van der Waals surface area contributed by atoms with Crippen LogP contribution in [-0.4, -0.2) is 60.8 Å². The van der Waals surface area contributed by atoms with Gasteiger partial charge >= 0.3 is 0 Å². The number of β-amino-alcohol motifs (C(OH)–C–C–N with tert-alkyl or cyclic N) is 1. The van der Waals surface area contributed by atoms with E-state index in [0.717, 1.165) is 32.7 Å². The van der Waals surface area contributed by atoms with E-state index < -0.39 is 0 Å². The van der Waals surface area contributed by atoms with Gasteiger partial charge in [0.25, 0.3) is 0 Å². The molecule has 0 saturated carbocycles. The molecule has 0 bridgehead atoms. The molecule has 0 aromatic heterocycles. The summed E-state index contributed by atoms with van der Waals surface area (Å²) in [6.45, 7) is 5.43. The molecule has 0 spiro atoms. The SMILES string of the molecule is C1CS1.OCCN1CCNCC1. The molecule has 0 amide bonds. The summed E-state index contributed by atoms with van der Waals surface area (Å²) in [5.41, 5.74) is 0. The fraction of sp³-hybridized carbons (Fsp3) is 1.00. The van der Waals surface area contributed by atoms with Crippen molar-refractivity contribution in [1.82, 2.24) is 10.2 Å². The first-order chi connectivity index (χ1) is 5.93. The zero-order valence-corrected chi connectivity index (χ0v) is 8.28. The van der Waals surface area contributed by atoms with Gasteiger partial charge in [0, 0.05) is 44.2 Å². The summed E-state index contributed by atoms with van der Waals surface area (Å²) in [6, 6.07) is 0. The number of thioether (sulfide) groups is 1. The fourth-order valence-electron chi connectivity index (χ4n) is 1.08. The maximum absolute atomic E-state index is 8.56. The van der Waals surface area contributed by atoms with Gasteiger partial charge in [0.2, 0.25) is 0 Å². The Morgan fingerprint density at radius 2 is 1.83 bits per heavy atom. The number of aliphatic hydroxyl groups is 1. The molecule has 2 fully saturated rings. The van der Waals surface area contributed by atoms with Crippen LogP contribution in [0.4, 0.5) is 0 Å². The number of nitrogens with one attached hydrogen (secondary N) is 1. The van der Waals surface area contributed by atoms with E-state index in [0.29, 0.717) is 6.61 Å². The first kappa shape index (κ1) is 10.3. The van der Waals surface area contributed by atoms with E-state index in [1.807, 2.05) is 11.8 Å². The van der Waals surface area contributed by atoms with Gasteiger partial charge in [-0.25, -0.2) is 0 Å². The summed E-state index contributed by atoms with van der Waals surface area (Å²) in [6.07, 6.45) is 0. The molecule has 0 aromatic carbocycles. The van der Waals surface area contributed by atoms with E-state index in [9.17, 15) is 0 Å². The molecule has 0 radical (unpaired) electrons. The molecular formula is C8H18N2OS. The Morgan fingerprint density at radius 3 is 2.25 bits per heavy atom. The highest BCUT2D eigenvalue weighted by Crippen LogP contribution is 2.14. The fourth-order valence-corrected chi connectivity index (χ4v) is 1.08. The Balaban J connectivity index is 0.000000200. The lowest BCUT2D eigenvalue weighted by molar-refractivity contribution is 0.180. The lowest BCUT2D eigenvalue weighted by atomic mass is 10.4. The molecule has 12 heavy (non-hydrogen) atoms. The molecule has 2 N–H and O–H groups in total. The second-order valence-corrected chi connectivity index (χ2v) is 4.15. The van der Waals surface area contributed by atoms with E-state index in [4.69, 9.17) is 5.11 Å². The van der Waals surface area contributed by atoms with Crippen molar-refractivity contribution in [2.24, 2.45) is 0 Å². The van der Waals surface area contributed by atoms with Gasteiger partial charge in [-0.3, -0.25) is 4.90 Å². The first-order valence-corrected chi connectivity index (χ1v) is 5.70. The van der Waals surface area contributed by atoms with Gasteiger partial charge in [0.15, 0.2) is 0 Å². The van der Waals surface area contributed by atoms with Crippen LogP contribution in [-0.2, 0) is 0 Å². The molecule has 72 valence electrons. The van der Waals surface area contributed by atoms with Crippen LogP contribution in [0.3, 0.4) is 0 Å². The average Bonchev–Trinajstić information content (AvgIpc) is 2.93. The summed E-state index contributed by atoms with van der Waals surface area (Å²) < 4.78 is 0. The molecule has 4 heteroatoms. The molecule has 2 aliphatic rings. The number of aliphatic hydroxyl groups excluding tert-OH is 1. The maximum Gasteiger partial charge on any atom is 0.0558 e. The number of hydrogen-bond acceptors (Lipinski definition) is 4. The largest absolute Gasteiger partial charge is 0.395 e. The molecule has 0 unspecified atom stereocenters. The standard InChI is InChI=1S/C6H14N2O.C2H4S/c9-6-5-8-3-1-7-2-4-8;1-2-3-1/h7,9H,1-6H2;1-2H2. The molecule has 2 aliphatic heterocycles. The Kier molecular flexibility index (Phi) is 5.77. The highest BCUT2D eigenvalue weighted by Gasteiger charge is 2.06. The van der Waals surface area contributed by atoms with Gasteiger partial charge < -0.3 is 10.4 Å². The van der Waals surface area contributed by atoms with Crippen molar-refractivity contribution in [3.63, 3.8) is 0 Å². The van der Waals surface area contributed by atoms with Crippen LogP contribution in [0.15, 0.2) is 0 Å². The topological polar surface area (TPSA) is 35.5 Å². The second-order valence-electron chi connectivity index (χ2n) is 2.93. The van der Waals surface area contributed by atoms with Crippen molar-refractivity contribution in [2.75, 3.05) is 50.8 Å². The van der Waals surface area contributed by atoms with Crippen LogP contribution in [0.2, 0.25) is 0 Å². The highest BCUT2D eigenvalue weighted by molar-refractivity contribution is 8.06. The van der Waals surface area contributed by atoms with E-state index in [2.05, 4.69) is 10.2 Å². The third kappa shape index (κ3) is 5.83. The monoisotopic (exact) mass is 190 g/mol. The molecular weight excluding hydrogens is 172 g/mol. The van der Waals surface area contributed by atoms with Crippen molar-refractivity contribution in [3.8, 4) is 0 Å². The van der Waals surface area contributed by atoms with Crippen LogP contribution in [0.25, 0.3) is 0 Å². The summed E-state index contributed by atoms with van der Waals surface area (Å²) in [4.78, 5) is 2.26. The normalized spacial score (nSPS) is 22.8. The summed E-state index contributed by atoms with van der Waals surface area (Å²) in [5, 5.41) is 11.8. The summed E-state index contributed by atoms with van der Waals surface area (Å²) in [5.74, 6) is 2.83. The number of piperazine rings is 1. The summed E-state index contributed by atoms with van der Waals surface area (Å²) in [7, 11) is 0. The first-order valence-electron chi connectivity index (χ1n) is 4.55. The molecule has 2 heterocycles. The van der Waals surface area contributed by atoms with E-state index in [1.165, 1.54) is 11.5 Å². The molecule has 2 rings (SSSR count). The van der Waals surface area contributed by atoms with Crippen molar-refractivity contribution < 1.29 is 5.11 Å². The molecule has 2 saturated heterocycles. The Morgan fingerprint density at radius 1 is 1.25 bits per heavy atom. The van der Waals surface area contributed by atoms with Crippen molar-refractivity contribution in [3.05, 3.63) is 0 Å². The predicted molar refractivity (Wildman–Crippen MR) is 53.7 cm³/mol. The quantitative estimate of drug-likeness (QED) is 0.582. The predicted octanol–water partition coefficient (Wildman–Crippen LogP) is -0.383. The minimum absolute atomic E-state index is 0.292. The van der Waals surface area contributed by atoms with Gasteiger partial charge in [0.05, 0.1) is 6.61 Å². The van der Waals surface area contributed by atoms with E-state index in [-0.39, 0.29) is 0 Å². The second kappa shape index (κ2) is 6.71. The van der Waals surface area contributed by atoms with Gasteiger partial charge in [-0.1, -0.05) is 0 Å². The van der Waals surface area contributed by atoms with E-state index in [1.54, 1.807) is 0 Å². The Hall–Kier alpha value is 0.230. The minimum atomic E-state index is 0.292. The third-order valence-corrected chi connectivity index (χ3v) is 2.24. The average molecular weight is 190 g/mol. The molecule has 0 aromatic rings. The molecule has 0 atom stereocenters. The smallest absolute Gasteiger partial charge is 0.0558 e. The van der Waals surface area contributed by atoms with Crippen LogP contribution in [0, 0.1) is 0 Å².